The van der Waals surface area contributed by atoms with Crippen LogP contribution in [-0.4, -0.2) is 82.6 Å². The maximum Gasteiger partial charge on any atom is 0.255 e. The summed E-state index contributed by atoms with van der Waals surface area (Å²) in [5.41, 5.74) is 4.55. The second kappa shape index (κ2) is 10.6. The largest absolute Gasteiger partial charge is 0.510 e. The monoisotopic (exact) mass is 576 g/mol. The highest BCUT2D eigenvalue weighted by Crippen LogP contribution is 2.53. The van der Waals surface area contributed by atoms with E-state index in [1.54, 1.807) is 14.1 Å². The van der Waals surface area contributed by atoms with E-state index in [0.29, 0.717) is 17.7 Å². The molecule has 0 radical (unpaired) electrons. The number of carbonyl (C=O) groups is 3. The minimum Gasteiger partial charge on any atom is -0.510 e. The van der Waals surface area contributed by atoms with Crippen molar-refractivity contribution in [1.29, 1.82) is 0 Å². The lowest BCUT2D eigenvalue weighted by Gasteiger charge is -2.50. The van der Waals surface area contributed by atoms with Crippen LogP contribution in [-0.2, 0) is 29.1 Å². The minimum absolute atomic E-state index is 0.00140. The molecule has 0 heterocycles. The van der Waals surface area contributed by atoms with Gasteiger partial charge < -0.3 is 36.4 Å². The quantitative estimate of drug-likeness (QED) is 0.265. The zero-order chi connectivity index (χ0) is 30.7. The van der Waals surface area contributed by atoms with E-state index >= 15 is 0 Å². The molecule has 0 bridgehead atoms. The number of hydrogen-bond donors (Lipinski definition) is 6. The molecule has 222 valence electrons. The van der Waals surface area contributed by atoms with Gasteiger partial charge in [-0.1, -0.05) is 30.3 Å². The first kappa shape index (κ1) is 29.3. The molecule has 1 amide bonds. The molecule has 7 N–H and O–H groups in total. The maximum absolute atomic E-state index is 14.1. The lowest BCUT2D eigenvalue weighted by Crippen LogP contribution is -2.63. The zero-order valence-electron chi connectivity index (χ0n) is 24.0. The number of aliphatic hydroxyl groups is 3. The summed E-state index contributed by atoms with van der Waals surface area (Å²) in [7, 11) is 6.86. The predicted octanol–water partition coefficient (Wildman–Crippen LogP) is 1.48. The first-order valence-electron chi connectivity index (χ1n) is 13.7. The van der Waals surface area contributed by atoms with Crippen LogP contribution in [0.3, 0.4) is 0 Å². The lowest BCUT2D eigenvalue weighted by molar-refractivity contribution is -0.148. The van der Waals surface area contributed by atoms with E-state index in [0.717, 1.165) is 11.3 Å². The van der Waals surface area contributed by atoms with Gasteiger partial charge in [0.25, 0.3) is 5.91 Å². The van der Waals surface area contributed by atoms with Crippen molar-refractivity contribution in [2.24, 2.45) is 17.6 Å². The highest BCUT2D eigenvalue weighted by atomic mass is 16.3. The number of aliphatic hydroxyl groups excluding tert-OH is 2. The Kier molecular flexibility index (Phi) is 7.38. The number of phenols is 1. The molecule has 0 saturated heterocycles. The number of amides is 1. The van der Waals surface area contributed by atoms with Crippen LogP contribution in [0.4, 0.5) is 5.69 Å². The van der Waals surface area contributed by atoms with Crippen molar-refractivity contribution in [2.45, 2.75) is 37.6 Å². The van der Waals surface area contributed by atoms with Gasteiger partial charge in [0.1, 0.15) is 22.8 Å². The van der Waals surface area contributed by atoms with Crippen molar-refractivity contribution >= 4 is 23.2 Å². The van der Waals surface area contributed by atoms with E-state index in [9.17, 15) is 34.8 Å². The number of nitrogens with one attached hydrogen (secondary N) is 1. The van der Waals surface area contributed by atoms with Crippen LogP contribution in [0.1, 0.15) is 33.5 Å². The molecule has 3 aliphatic rings. The van der Waals surface area contributed by atoms with Crippen LogP contribution in [0.5, 0.6) is 5.75 Å². The number of carbonyl (C=O) groups excluding carboxylic acids is 3. The first-order chi connectivity index (χ1) is 19.8. The van der Waals surface area contributed by atoms with Crippen molar-refractivity contribution in [3.05, 3.63) is 81.3 Å². The summed E-state index contributed by atoms with van der Waals surface area (Å²) in [5.74, 6) is -6.62. The number of fused-ring (bicyclic) bond motifs is 3. The van der Waals surface area contributed by atoms with Gasteiger partial charge in [0, 0.05) is 49.9 Å². The number of ketones is 2. The number of rotatable bonds is 7. The van der Waals surface area contributed by atoms with Gasteiger partial charge in [0.05, 0.1) is 11.6 Å². The molecule has 3 aliphatic carbocycles. The van der Waals surface area contributed by atoms with Crippen LogP contribution in [0.2, 0.25) is 0 Å². The summed E-state index contributed by atoms with van der Waals surface area (Å²) < 4.78 is 0. The Bertz CT molecular complexity index is 1550. The van der Waals surface area contributed by atoms with Crippen molar-refractivity contribution in [2.75, 3.05) is 33.1 Å². The third-order valence-corrected chi connectivity index (χ3v) is 8.75. The highest BCUT2D eigenvalue weighted by molar-refractivity contribution is 6.25. The number of Topliss-reactive ketones (excluding diaryl/α,β-unsaturated/α-hetero) is 2. The van der Waals surface area contributed by atoms with Crippen LogP contribution < -0.4 is 16.0 Å². The van der Waals surface area contributed by atoms with E-state index in [1.807, 2.05) is 55.4 Å². The molecule has 0 saturated carbocycles. The Balaban J connectivity index is 1.61. The van der Waals surface area contributed by atoms with Crippen LogP contribution in [0.25, 0.3) is 0 Å². The van der Waals surface area contributed by atoms with Crippen molar-refractivity contribution in [3.63, 3.8) is 0 Å². The fourth-order valence-corrected chi connectivity index (χ4v) is 6.82. The molecule has 0 fully saturated rings. The topological polar surface area (TPSA) is 177 Å². The number of likely N-dealkylation sites (N-methyl/N-ethyl adjacent to an activating group) is 1. The Hall–Kier alpha value is -4.19. The van der Waals surface area contributed by atoms with Crippen LogP contribution in [0.15, 0.2) is 59.1 Å². The Morgan fingerprint density at radius 3 is 2.33 bits per heavy atom. The Labute approximate surface area is 243 Å². The van der Waals surface area contributed by atoms with E-state index < -0.39 is 58.0 Å². The molecule has 4 atom stereocenters. The molecule has 11 nitrogen and oxygen atoms in total. The molecular formula is C31H36N4O7. The van der Waals surface area contributed by atoms with Gasteiger partial charge >= 0.3 is 0 Å². The fourth-order valence-electron chi connectivity index (χ4n) is 6.82. The standard InChI is InChI=1S/C31H36N4O7/c1-34(2)20-12-17(14-33-13-15-8-6-5-7-9-15)25(36)22-18(20)10-16-11-19-24(35(3)4)27(38)23(30(32)41)29(40)31(19,42)28(39)21(16)26(22)37/h5-9,12,16,19,24,33,36,38-39,42H,10-11,13-14H2,1-4H3,(H2,32,41)/t16-,19-,24+,31-/m0/s1. The lowest BCUT2D eigenvalue weighted by atomic mass is 9.58. The number of anilines is 1. The van der Waals surface area contributed by atoms with E-state index in [2.05, 4.69) is 5.32 Å². The summed E-state index contributed by atoms with van der Waals surface area (Å²) in [6.45, 7) is 0.778. The number of benzene rings is 2. The maximum atomic E-state index is 14.1. The molecular weight excluding hydrogens is 540 g/mol. The highest BCUT2D eigenvalue weighted by Gasteiger charge is 2.63. The van der Waals surface area contributed by atoms with E-state index in [4.69, 9.17) is 5.73 Å². The van der Waals surface area contributed by atoms with Gasteiger partial charge in [-0.3, -0.25) is 19.3 Å². The number of nitrogens with zero attached hydrogens (tertiary/aromatic N) is 2. The molecule has 2 aromatic carbocycles. The second-order valence-corrected chi connectivity index (χ2v) is 11.7. The zero-order valence-corrected chi connectivity index (χ0v) is 24.0. The number of allylic oxidation sites excluding steroid dienone is 1. The molecule has 2 aromatic rings. The smallest absolute Gasteiger partial charge is 0.255 e. The van der Waals surface area contributed by atoms with E-state index in [1.165, 1.54) is 4.90 Å². The predicted molar refractivity (Wildman–Crippen MR) is 155 cm³/mol. The average Bonchev–Trinajstić information content (AvgIpc) is 2.92. The SMILES string of the molecule is CN(C)c1cc(CNCc2ccccc2)c(O)c2c1C[C@H]1C[C@H]3[C@@H](N(C)C)C(O)=C(C(N)=O)C(=O)[C@@]3(O)C(O)=C1C2=O. The number of aromatic hydroxyl groups is 1. The van der Waals surface area contributed by atoms with Gasteiger partial charge in [-0.2, -0.15) is 0 Å². The van der Waals surface area contributed by atoms with Crippen LogP contribution >= 0.6 is 0 Å². The molecule has 5 rings (SSSR count). The van der Waals surface area contributed by atoms with Crippen LogP contribution in [0, 0.1) is 11.8 Å². The fraction of sp³-hybridized carbons (Fsp3) is 0.387. The summed E-state index contributed by atoms with van der Waals surface area (Å²) in [4.78, 5) is 43.2. The second-order valence-electron chi connectivity index (χ2n) is 11.7. The molecule has 42 heavy (non-hydrogen) atoms. The normalized spacial score (nSPS) is 25.3. The van der Waals surface area contributed by atoms with Gasteiger partial charge in [0.15, 0.2) is 11.4 Å². The number of phenolic OH excluding ortho intramolecular Hbond substituents is 1. The molecule has 0 spiro atoms. The third-order valence-electron chi connectivity index (χ3n) is 8.75. The number of hydrogen-bond acceptors (Lipinski definition) is 10. The summed E-state index contributed by atoms with van der Waals surface area (Å²) in [5, 5.41) is 48.9. The van der Waals surface area contributed by atoms with Gasteiger partial charge in [0.2, 0.25) is 5.78 Å². The van der Waals surface area contributed by atoms with Crippen molar-refractivity contribution < 1.29 is 34.8 Å². The first-order valence-corrected chi connectivity index (χ1v) is 13.7. The molecule has 0 aliphatic heterocycles. The van der Waals surface area contributed by atoms with E-state index in [-0.39, 0.29) is 36.3 Å². The molecule has 11 heteroatoms. The number of nitrogens with two attached hydrogens (primary N) is 1. The van der Waals surface area contributed by atoms with Gasteiger partial charge in [-0.25, -0.2) is 0 Å². The Morgan fingerprint density at radius 1 is 1.07 bits per heavy atom. The number of primary amides is 1. The average molecular weight is 577 g/mol. The summed E-state index contributed by atoms with van der Waals surface area (Å²) in [6.07, 6.45) is 0.271. The van der Waals surface area contributed by atoms with Crippen molar-refractivity contribution in [3.8, 4) is 5.75 Å². The molecule has 0 aromatic heterocycles. The Morgan fingerprint density at radius 2 is 1.74 bits per heavy atom. The van der Waals surface area contributed by atoms with Gasteiger partial charge in [-0.05, 0) is 50.0 Å². The third kappa shape index (κ3) is 4.36. The summed E-state index contributed by atoms with van der Waals surface area (Å²) >= 11 is 0. The molecule has 0 unspecified atom stereocenters. The minimum atomic E-state index is -2.67. The summed E-state index contributed by atoms with van der Waals surface area (Å²) in [6, 6.07) is 10.5. The van der Waals surface area contributed by atoms with Crippen molar-refractivity contribution in [1.82, 2.24) is 10.2 Å². The van der Waals surface area contributed by atoms with Gasteiger partial charge in [-0.15, -0.1) is 0 Å².